The van der Waals surface area contributed by atoms with E-state index < -0.39 is 0 Å². The van der Waals surface area contributed by atoms with E-state index in [1.807, 2.05) is 23.5 Å². The Morgan fingerprint density at radius 1 is 0.415 bits per heavy atom. The van der Waals surface area contributed by atoms with Gasteiger partial charge in [-0.05, 0) is 75.3 Å². The van der Waals surface area contributed by atoms with E-state index in [2.05, 4.69) is 140 Å². The topological polar surface area (TPSA) is 9.23 Å². The van der Waals surface area contributed by atoms with E-state index in [4.69, 9.17) is 4.74 Å². The first-order chi connectivity index (χ1) is 20.3. The van der Waals surface area contributed by atoms with Crippen molar-refractivity contribution in [3.63, 3.8) is 0 Å². The lowest BCUT2D eigenvalue weighted by Crippen LogP contribution is -1.92. The zero-order valence-electron chi connectivity index (χ0n) is 22.8. The lowest BCUT2D eigenvalue weighted by Gasteiger charge is -2.18. The van der Waals surface area contributed by atoms with Gasteiger partial charge in [-0.3, -0.25) is 0 Å². The molecule has 0 bridgehead atoms. The first kappa shape index (κ1) is 25.1. The summed E-state index contributed by atoms with van der Waals surface area (Å²) in [6.45, 7) is 0. The zero-order valence-corrected chi connectivity index (χ0v) is 23.6. The zero-order chi connectivity index (χ0) is 27.6. The highest BCUT2D eigenvalue weighted by atomic mass is 32.1. The summed E-state index contributed by atoms with van der Waals surface area (Å²) in [5.41, 5.74) is 9.77. The standard InChI is InChI=1S/C39H28OS/c1-40-32-23-21-30(22-24-32)38-33-19-11-12-20-34(33)39(41-38)37-35(28-15-7-3-8-16-28)25-31(27-13-5-2-6-14-27)26-36(37)29-17-9-4-10-18-29/h2-26H,1H3. The average molecular weight is 545 g/mol. The minimum absolute atomic E-state index is 0.865. The maximum atomic E-state index is 5.45. The van der Waals surface area contributed by atoms with Gasteiger partial charge in [0.15, 0.2) is 0 Å². The minimum Gasteiger partial charge on any atom is -0.497 e. The van der Waals surface area contributed by atoms with Crippen LogP contribution in [0.15, 0.2) is 152 Å². The molecule has 0 aliphatic rings. The molecule has 0 unspecified atom stereocenters. The SMILES string of the molecule is COc1ccc(-c2sc(-c3c(-c4ccccc4)cc(-c4ccccc4)cc3-c3ccccc3)c3ccccc23)cc1. The predicted molar refractivity (Wildman–Crippen MR) is 176 cm³/mol. The second kappa shape index (κ2) is 10.9. The van der Waals surface area contributed by atoms with Crippen molar-refractivity contribution in [1.82, 2.24) is 0 Å². The van der Waals surface area contributed by atoms with Crippen molar-refractivity contribution >= 4 is 22.1 Å². The molecular weight excluding hydrogens is 516 g/mol. The fraction of sp³-hybridized carbons (Fsp3) is 0.0256. The molecular formula is C39H28OS. The van der Waals surface area contributed by atoms with E-state index in [1.165, 1.54) is 65.0 Å². The van der Waals surface area contributed by atoms with Crippen LogP contribution in [-0.2, 0) is 0 Å². The molecule has 1 nitrogen and oxygen atoms in total. The fourth-order valence-electron chi connectivity index (χ4n) is 5.61. The Morgan fingerprint density at radius 2 is 0.878 bits per heavy atom. The summed E-state index contributed by atoms with van der Waals surface area (Å²) in [5.74, 6) is 0.865. The quantitative estimate of drug-likeness (QED) is 0.202. The summed E-state index contributed by atoms with van der Waals surface area (Å²) in [6.07, 6.45) is 0. The number of rotatable bonds is 6. The third-order valence-electron chi connectivity index (χ3n) is 7.61. The largest absolute Gasteiger partial charge is 0.497 e. The van der Waals surface area contributed by atoms with Crippen molar-refractivity contribution in [2.24, 2.45) is 0 Å². The average Bonchev–Trinajstić information content (AvgIpc) is 3.45. The van der Waals surface area contributed by atoms with Crippen LogP contribution in [0.25, 0.3) is 65.0 Å². The molecule has 0 N–H and O–H groups in total. The smallest absolute Gasteiger partial charge is 0.118 e. The molecule has 0 aliphatic carbocycles. The molecule has 196 valence electrons. The maximum Gasteiger partial charge on any atom is 0.118 e. The number of fused-ring (bicyclic) bond motifs is 1. The highest BCUT2D eigenvalue weighted by molar-refractivity contribution is 7.21. The third-order valence-corrected chi connectivity index (χ3v) is 8.90. The van der Waals surface area contributed by atoms with Crippen LogP contribution >= 0.6 is 11.3 Å². The maximum absolute atomic E-state index is 5.45. The molecule has 41 heavy (non-hydrogen) atoms. The minimum atomic E-state index is 0.865. The number of thiophene rings is 1. The Balaban J connectivity index is 1.58. The lowest BCUT2D eigenvalue weighted by atomic mass is 9.86. The Hall–Kier alpha value is -4.92. The molecule has 0 saturated heterocycles. The first-order valence-corrected chi connectivity index (χ1v) is 14.6. The van der Waals surface area contributed by atoms with E-state index in [0.29, 0.717) is 0 Å². The summed E-state index contributed by atoms with van der Waals surface area (Å²) < 4.78 is 5.45. The normalized spacial score (nSPS) is 11.0. The van der Waals surface area contributed by atoms with Crippen LogP contribution in [0.1, 0.15) is 0 Å². The van der Waals surface area contributed by atoms with Crippen LogP contribution in [0.4, 0.5) is 0 Å². The second-order valence-electron chi connectivity index (χ2n) is 10.1. The lowest BCUT2D eigenvalue weighted by molar-refractivity contribution is 0.415. The van der Waals surface area contributed by atoms with Gasteiger partial charge in [0, 0.05) is 26.1 Å². The van der Waals surface area contributed by atoms with Gasteiger partial charge in [0.2, 0.25) is 0 Å². The molecule has 0 fully saturated rings. The van der Waals surface area contributed by atoms with Crippen LogP contribution < -0.4 is 4.74 Å². The van der Waals surface area contributed by atoms with Crippen molar-refractivity contribution < 1.29 is 4.74 Å². The fourth-order valence-corrected chi connectivity index (χ4v) is 6.96. The summed E-state index contributed by atoms with van der Waals surface area (Å²) in [5, 5.41) is 2.54. The summed E-state index contributed by atoms with van der Waals surface area (Å²) in [7, 11) is 1.71. The van der Waals surface area contributed by atoms with Gasteiger partial charge in [-0.15, -0.1) is 11.3 Å². The summed E-state index contributed by atoms with van der Waals surface area (Å²) in [6, 6.07) is 54.2. The number of benzene rings is 6. The highest BCUT2D eigenvalue weighted by Gasteiger charge is 2.22. The molecule has 1 aromatic heterocycles. The highest BCUT2D eigenvalue weighted by Crippen LogP contribution is 2.51. The van der Waals surface area contributed by atoms with Gasteiger partial charge >= 0.3 is 0 Å². The molecule has 0 spiro atoms. The Bertz CT molecular complexity index is 1880. The Labute approximate surface area is 245 Å². The van der Waals surface area contributed by atoms with Crippen LogP contribution in [0.2, 0.25) is 0 Å². The van der Waals surface area contributed by atoms with E-state index in [-0.39, 0.29) is 0 Å². The third kappa shape index (κ3) is 4.73. The van der Waals surface area contributed by atoms with Gasteiger partial charge in [-0.2, -0.15) is 0 Å². The van der Waals surface area contributed by atoms with Crippen molar-refractivity contribution in [2.45, 2.75) is 0 Å². The molecule has 1 heterocycles. The number of methoxy groups -OCH3 is 1. The monoisotopic (exact) mass is 544 g/mol. The first-order valence-electron chi connectivity index (χ1n) is 13.8. The molecule has 6 aromatic carbocycles. The van der Waals surface area contributed by atoms with Gasteiger partial charge in [0.1, 0.15) is 5.75 Å². The van der Waals surface area contributed by atoms with Gasteiger partial charge in [0.05, 0.1) is 7.11 Å². The van der Waals surface area contributed by atoms with Crippen LogP contribution in [0.5, 0.6) is 5.75 Å². The van der Waals surface area contributed by atoms with Crippen molar-refractivity contribution in [3.8, 4) is 60.0 Å². The molecule has 0 radical (unpaired) electrons. The van der Waals surface area contributed by atoms with Crippen molar-refractivity contribution in [3.05, 3.63) is 152 Å². The van der Waals surface area contributed by atoms with E-state index >= 15 is 0 Å². The van der Waals surface area contributed by atoms with Gasteiger partial charge in [-0.25, -0.2) is 0 Å². The number of hydrogen-bond acceptors (Lipinski definition) is 2. The van der Waals surface area contributed by atoms with Crippen LogP contribution in [0, 0.1) is 0 Å². The molecule has 2 heteroatoms. The van der Waals surface area contributed by atoms with E-state index in [1.54, 1.807) is 7.11 Å². The summed E-state index contributed by atoms with van der Waals surface area (Å²) >= 11 is 1.87. The summed E-state index contributed by atoms with van der Waals surface area (Å²) in [4.78, 5) is 2.55. The second-order valence-corrected chi connectivity index (χ2v) is 11.1. The van der Waals surface area contributed by atoms with Gasteiger partial charge < -0.3 is 4.74 Å². The number of ether oxygens (including phenoxy) is 1. The van der Waals surface area contributed by atoms with Gasteiger partial charge in [0.25, 0.3) is 0 Å². The van der Waals surface area contributed by atoms with E-state index in [9.17, 15) is 0 Å². The predicted octanol–water partition coefficient (Wildman–Crippen LogP) is 11.2. The number of hydrogen-bond donors (Lipinski definition) is 0. The van der Waals surface area contributed by atoms with Crippen molar-refractivity contribution in [1.29, 1.82) is 0 Å². The van der Waals surface area contributed by atoms with Crippen LogP contribution in [0.3, 0.4) is 0 Å². The van der Waals surface area contributed by atoms with Gasteiger partial charge in [-0.1, -0.05) is 115 Å². The molecule has 7 aromatic rings. The molecule has 0 amide bonds. The molecule has 0 saturated carbocycles. The van der Waals surface area contributed by atoms with Crippen molar-refractivity contribution in [2.75, 3.05) is 7.11 Å². The van der Waals surface area contributed by atoms with E-state index in [0.717, 1.165) is 5.75 Å². The van der Waals surface area contributed by atoms with Crippen LogP contribution in [-0.4, -0.2) is 7.11 Å². The molecule has 7 rings (SSSR count). The molecule has 0 atom stereocenters. The Morgan fingerprint density at radius 3 is 1.39 bits per heavy atom. The molecule has 0 aliphatic heterocycles. The Kier molecular flexibility index (Phi) is 6.68.